The maximum atomic E-state index is 14.1. The Labute approximate surface area is 184 Å². The smallest absolute Gasteiger partial charge is 0.367 e. The van der Waals surface area contributed by atoms with Crippen LogP contribution in [-0.4, -0.2) is 41.4 Å². The molecule has 0 saturated carbocycles. The second-order valence-electron chi connectivity index (χ2n) is 7.57. The zero-order valence-corrected chi connectivity index (χ0v) is 18.1. The highest BCUT2D eigenvalue weighted by atomic mass is 19.4. The Bertz CT molecular complexity index is 917. The number of hydrogen-bond acceptors (Lipinski definition) is 2. The van der Waals surface area contributed by atoms with Crippen LogP contribution in [0.1, 0.15) is 38.7 Å². The fourth-order valence-electron chi connectivity index (χ4n) is 3.65. The lowest BCUT2D eigenvalue weighted by molar-refractivity contribution is -0.0693. The number of benzene rings is 1. The summed E-state index contributed by atoms with van der Waals surface area (Å²) in [6.07, 6.45) is 0.834. The topological polar surface area (TPSA) is 30.3 Å². The van der Waals surface area contributed by atoms with Crippen molar-refractivity contribution in [3.63, 3.8) is 0 Å². The predicted molar refractivity (Wildman–Crippen MR) is 113 cm³/mol. The molecule has 3 nitrogen and oxygen atoms in total. The van der Waals surface area contributed by atoms with Crippen molar-refractivity contribution in [3.05, 3.63) is 70.8 Å². The normalized spacial score (nSPS) is 16.1. The molecule has 0 unspecified atom stereocenters. The highest BCUT2D eigenvalue weighted by molar-refractivity contribution is 5.86. The third-order valence-electron chi connectivity index (χ3n) is 5.14. The van der Waals surface area contributed by atoms with E-state index in [0.29, 0.717) is 25.3 Å². The maximum absolute atomic E-state index is 14.1. The molecule has 0 radical (unpaired) electrons. The third-order valence-corrected chi connectivity index (χ3v) is 5.14. The number of hydrogen-bond donors (Lipinski definition) is 1. The largest absolute Gasteiger partial charge is 0.449 e. The van der Waals surface area contributed by atoms with Crippen LogP contribution in [0.4, 0.5) is 26.3 Å². The van der Waals surface area contributed by atoms with Crippen molar-refractivity contribution in [3.8, 4) is 0 Å². The van der Waals surface area contributed by atoms with Gasteiger partial charge in [-0.25, -0.2) is 13.2 Å². The second kappa shape index (κ2) is 10.7. The van der Waals surface area contributed by atoms with Gasteiger partial charge in [0.1, 0.15) is 5.82 Å². The summed E-state index contributed by atoms with van der Waals surface area (Å²) in [4.78, 5) is 2.75. The zero-order chi connectivity index (χ0) is 24.1. The Morgan fingerprint density at radius 2 is 1.66 bits per heavy atom. The lowest BCUT2D eigenvalue weighted by Crippen LogP contribution is -2.50. The molecule has 0 aromatic heterocycles. The van der Waals surface area contributed by atoms with Crippen LogP contribution in [0.25, 0.3) is 0 Å². The van der Waals surface area contributed by atoms with Crippen LogP contribution in [0.3, 0.4) is 0 Å². The number of nitrogens with one attached hydrogen (secondary N) is 1. The van der Waals surface area contributed by atoms with Crippen molar-refractivity contribution in [2.75, 3.05) is 19.6 Å². The van der Waals surface area contributed by atoms with E-state index >= 15 is 0 Å². The first-order valence-electron chi connectivity index (χ1n) is 10.3. The quantitative estimate of drug-likeness (QED) is 0.170. The monoisotopic (exact) mass is 459 g/mol. The number of rotatable bonds is 7. The second-order valence-corrected chi connectivity index (χ2v) is 7.57. The molecule has 0 atom stereocenters. The average molecular weight is 459 g/mol. The number of halogens is 6. The fraction of sp³-hybridized carbons (Fsp3) is 0.435. The molecule has 1 aliphatic heterocycles. The standard InChI is InChI=1S/C23H27F6N3/c1-4-6-16(10-17-12-20(25)21(26)13-19(17)24)11-18(7-5-2)31-8-9-32(15(3)14-31)22(30)23(27,28)29/h6-7,12-13,30H,3-5,8-11,14H2,1-2H3/b16-6+,18-7+,30-22?. The molecule has 1 aromatic carbocycles. The Balaban J connectivity index is 2.19. The molecule has 0 amide bonds. The molecule has 9 heteroatoms. The van der Waals surface area contributed by atoms with Gasteiger partial charge in [0.05, 0.1) is 6.54 Å². The van der Waals surface area contributed by atoms with Crippen LogP contribution in [0.5, 0.6) is 0 Å². The van der Waals surface area contributed by atoms with Gasteiger partial charge in [-0.15, -0.1) is 0 Å². The Morgan fingerprint density at radius 3 is 2.22 bits per heavy atom. The van der Waals surface area contributed by atoms with Gasteiger partial charge in [0.25, 0.3) is 0 Å². The van der Waals surface area contributed by atoms with E-state index in [4.69, 9.17) is 5.41 Å². The molecule has 2 rings (SSSR count). The Morgan fingerprint density at radius 1 is 1.03 bits per heavy atom. The maximum Gasteiger partial charge on any atom is 0.449 e. The lowest BCUT2D eigenvalue weighted by atomic mass is 9.98. The highest BCUT2D eigenvalue weighted by Crippen LogP contribution is 2.28. The third kappa shape index (κ3) is 6.40. The van der Waals surface area contributed by atoms with Crippen molar-refractivity contribution in [1.29, 1.82) is 5.41 Å². The first-order chi connectivity index (χ1) is 15.0. The van der Waals surface area contributed by atoms with Gasteiger partial charge in [0.15, 0.2) is 11.6 Å². The summed E-state index contributed by atoms with van der Waals surface area (Å²) in [6.45, 7) is 7.85. The van der Waals surface area contributed by atoms with E-state index in [-0.39, 0.29) is 37.3 Å². The molecule has 1 fully saturated rings. The van der Waals surface area contributed by atoms with Crippen LogP contribution in [0, 0.1) is 22.9 Å². The van der Waals surface area contributed by atoms with Gasteiger partial charge < -0.3 is 9.80 Å². The molecule has 1 saturated heterocycles. The van der Waals surface area contributed by atoms with E-state index in [1.54, 1.807) is 0 Å². The summed E-state index contributed by atoms with van der Waals surface area (Å²) in [5.74, 6) is -4.65. The van der Waals surface area contributed by atoms with E-state index in [9.17, 15) is 26.3 Å². The van der Waals surface area contributed by atoms with Crippen LogP contribution >= 0.6 is 0 Å². The summed E-state index contributed by atoms with van der Waals surface area (Å²) in [5.41, 5.74) is 1.81. The molecule has 176 valence electrons. The van der Waals surface area contributed by atoms with E-state index in [0.717, 1.165) is 22.2 Å². The number of amidine groups is 1. The van der Waals surface area contributed by atoms with Crippen LogP contribution in [0.15, 0.2) is 47.8 Å². The Hall–Kier alpha value is -2.71. The van der Waals surface area contributed by atoms with E-state index in [2.05, 4.69) is 6.58 Å². The number of nitrogens with zero attached hydrogens (tertiary/aromatic N) is 2. The first kappa shape index (κ1) is 25.5. The molecular weight excluding hydrogens is 432 g/mol. The summed E-state index contributed by atoms with van der Waals surface area (Å²) in [5, 5.41) is 7.37. The van der Waals surface area contributed by atoms with Gasteiger partial charge in [0.2, 0.25) is 5.84 Å². The average Bonchev–Trinajstić information content (AvgIpc) is 2.70. The van der Waals surface area contributed by atoms with Crippen molar-refractivity contribution in [2.45, 2.75) is 45.7 Å². The molecule has 1 heterocycles. The summed E-state index contributed by atoms with van der Waals surface area (Å²) in [6, 6.07) is 1.37. The number of piperazine rings is 1. The highest BCUT2D eigenvalue weighted by Gasteiger charge is 2.40. The van der Waals surface area contributed by atoms with Crippen LogP contribution < -0.4 is 0 Å². The first-order valence-corrected chi connectivity index (χ1v) is 10.3. The summed E-state index contributed by atoms with van der Waals surface area (Å²) < 4.78 is 79.7. The summed E-state index contributed by atoms with van der Waals surface area (Å²) in [7, 11) is 0. The lowest BCUT2D eigenvalue weighted by Gasteiger charge is -2.40. The molecule has 0 aliphatic carbocycles. The molecule has 1 N–H and O–H groups in total. The molecule has 0 bridgehead atoms. The van der Waals surface area contributed by atoms with Gasteiger partial charge in [-0.05, 0) is 30.9 Å². The zero-order valence-electron chi connectivity index (χ0n) is 18.1. The molecular formula is C23H27F6N3. The minimum atomic E-state index is -4.75. The van der Waals surface area contributed by atoms with Gasteiger partial charge in [-0.2, -0.15) is 13.2 Å². The molecule has 32 heavy (non-hydrogen) atoms. The van der Waals surface area contributed by atoms with E-state index < -0.39 is 29.5 Å². The molecule has 1 aliphatic rings. The minimum Gasteiger partial charge on any atom is -0.367 e. The number of allylic oxidation sites excluding steroid dienone is 3. The van der Waals surface area contributed by atoms with Crippen molar-refractivity contribution < 1.29 is 26.3 Å². The van der Waals surface area contributed by atoms with Crippen molar-refractivity contribution in [2.24, 2.45) is 0 Å². The number of alkyl halides is 3. The van der Waals surface area contributed by atoms with Crippen LogP contribution in [0.2, 0.25) is 0 Å². The SMILES string of the molecule is C=C1CN(/C(=C/CC)C/C(=C/CC)Cc2cc(F)c(F)cc2F)CCN1C(=N)C(F)(F)F. The van der Waals surface area contributed by atoms with Gasteiger partial charge in [-0.3, -0.25) is 5.41 Å². The van der Waals surface area contributed by atoms with E-state index in [1.807, 2.05) is 30.9 Å². The molecule has 0 spiro atoms. The Kier molecular flexibility index (Phi) is 8.58. The summed E-state index contributed by atoms with van der Waals surface area (Å²) >= 11 is 0. The van der Waals surface area contributed by atoms with Gasteiger partial charge in [0, 0.05) is 37.0 Å². The predicted octanol–water partition coefficient (Wildman–Crippen LogP) is 6.34. The fourth-order valence-corrected chi connectivity index (χ4v) is 3.65. The van der Waals surface area contributed by atoms with Gasteiger partial charge >= 0.3 is 6.18 Å². The minimum absolute atomic E-state index is 0.0345. The van der Waals surface area contributed by atoms with Crippen molar-refractivity contribution in [1.82, 2.24) is 9.80 Å². The van der Waals surface area contributed by atoms with Crippen LogP contribution in [-0.2, 0) is 6.42 Å². The molecule has 1 aromatic rings. The van der Waals surface area contributed by atoms with Gasteiger partial charge in [-0.1, -0.05) is 38.2 Å². The van der Waals surface area contributed by atoms with E-state index in [1.165, 1.54) is 0 Å². The van der Waals surface area contributed by atoms with Crippen molar-refractivity contribution >= 4 is 5.84 Å².